The molecule has 0 saturated carbocycles. The number of aliphatic hydroxyl groups is 1. The van der Waals surface area contributed by atoms with Gasteiger partial charge in [-0.2, -0.15) is 0 Å². The molecule has 1 nitrogen and oxygen atoms in total. The van der Waals surface area contributed by atoms with Crippen molar-refractivity contribution in [1.82, 2.24) is 0 Å². The van der Waals surface area contributed by atoms with Gasteiger partial charge in [-0.15, -0.1) is 0 Å². The van der Waals surface area contributed by atoms with Gasteiger partial charge in [-0.3, -0.25) is 0 Å². The summed E-state index contributed by atoms with van der Waals surface area (Å²) >= 11 is 0. The Morgan fingerprint density at radius 2 is 1.82 bits per heavy atom. The average molecular weight is 234 g/mol. The Balaban J connectivity index is 2.33. The number of hydrogen-bond donors (Lipinski definition) is 1. The van der Waals surface area contributed by atoms with Crippen LogP contribution in [0.5, 0.6) is 0 Å². The van der Waals surface area contributed by atoms with Crippen LogP contribution in [0.1, 0.15) is 69.6 Å². The topological polar surface area (TPSA) is 20.2 Å². The smallest absolute Gasteiger partial charge is 0.0790 e. The van der Waals surface area contributed by atoms with E-state index in [1.165, 1.54) is 31.2 Å². The second-order valence-corrected chi connectivity index (χ2v) is 4.82. The molecule has 0 bridgehead atoms. The largest absolute Gasteiger partial charge is 0.388 e. The number of hydrogen-bond acceptors (Lipinski definition) is 1. The van der Waals surface area contributed by atoms with E-state index in [0.717, 1.165) is 24.8 Å². The second kappa shape index (κ2) is 8.30. The molecule has 1 heteroatoms. The van der Waals surface area contributed by atoms with Crippen molar-refractivity contribution in [3.05, 3.63) is 35.4 Å². The molecule has 1 aromatic carbocycles. The van der Waals surface area contributed by atoms with Crippen molar-refractivity contribution in [2.75, 3.05) is 0 Å². The van der Waals surface area contributed by atoms with Crippen LogP contribution >= 0.6 is 0 Å². The summed E-state index contributed by atoms with van der Waals surface area (Å²) < 4.78 is 0. The van der Waals surface area contributed by atoms with Gasteiger partial charge >= 0.3 is 0 Å². The molecule has 0 aliphatic carbocycles. The van der Waals surface area contributed by atoms with Gasteiger partial charge in [-0.25, -0.2) is 0 Å². The van der Waals surface area contributed by atoms with Gasteiger partial charge in [-0.05, 0) is 24.0 Å². The molecule has 0 aromatic heterocycles. The third-order valence-electron chi connectivity index (χ3n) is 3.33. The first-order chi connectivity index (χ1) is 8.27. The van der Waals surface area contributed by atoms with Gasteiger partial charge in [0.25, 0.3) is 0 Å². The monoisotopic (exact) mass is 234 g/mol. The third-order valence-corrected chi connectivity index (χ3v) is 3.33. The van der Waals surface area contributed by atoms with Crippen LogP contribution in [0.4, 0.5) is 0 Å². The van der Waals surface area contributed by atoms with E-state index in [2.05, 4.69) is 32.0 Å². The summed E-state index contributed by atoms with van der Waals surface area (Å²) in [5, 5.41) is 10.1. The molecule has 0 amide bonds. The van der Waals surface area contributed by atoms with Crippen LogP contribution in [0.15, 0.2) is 24.3 Å². The maximum atomic E-state index is 10.1. The molecule has 1 unspecified atom stereocenters. The molecule has 1 aromatic rings. The minimum Gasteiger partial charge on any atom is -0.388 e. The van der Waals surface area contributed by atoms with Crippen LogP contribution < -0.4 is 0 Å². The van der Waals surface area contributed by atoms with Gasteiger partial charge in [0.15, 0.2) is 0 Å². The second-order valence-electron chi connectivity index (χ2n) is 4.82. The zero-order valence-electron chi connectivity index (χ0n) is 11.3. The maximum absolute atomic E-state index is 10.1. The molecule has 1 N–H and O–H groups in total. The third kappa shape index (κ3) is 5.36. The summed E-state index contributed by atoms with van der Waals surface area (Å²) in [6, 6.07) is 8.35. The number of aliphatic hydroxyl groups excluding tert-OH is 1. The first kappa shape index (κ1) is 14.2. The molecule has 0 radical (unpaired) electrons. The standard InChI is InChI=1S/C16H26O/c1-3-5-6-7-8-12-16(17)15-11-9-10-14(4-2)13-15/h9-11,13,16-17H,3-8,12H2,1-2H3. The van der Waals surface area contributed by atoms with Crippen molar-refractivity contribution < 1.29 is 5.11 Å². The van der Waals surface area contributed by atoms with E-state index in [1.807, 2.05) is 6.07 Å². The molecule has 1 atom stereocenters. The van der Waals surface area contributed by atoms with Gasteiger partial charge in [0.2, 0.25) is 0 Å². The van der Waals surface area contributed by atoms with Crippen LogP contribution in [0, 0.1) is 0 Å². The lowest BCUT2D eigenvalue weighted by atomic mass is 10.00. The number of unbranched alkanes of at least 4 members (excludes halogenated alkanes) is 4. The quantitative estimate of drug-likeness (QED) is 0.649. The molecular formula is C16H26O. The van der Waals surface area contributed by atoms with Crippen LogP contribution in [-0.4, -0.2) is 5.11 Å². The SMILES string of the molecule is CCCCCCCC(O)c1cccc(CC)c1. The Morgan fingerprint density at radius 1 is 1.06 bits per heavy atom. The zero-order valence-corrected chi connectivity index (χ0v) is 11.3. The molecule has 0 spiro atoms. The summed E-state index contributed by atoms with van der Waals surface area (Å²) in [5.41, 5.74) is 2.40. The van der Waals surface area contributed by atoms with Crippen molar-refractivity contribution in [3.8, 4) is 0 Å². The van der Waals surface area contributed by atoms with Crippen LogP contribution in [-0.2, 0) is 6.42 Å². The molecule has 0 fully saturated rings. The highest BCUT2D eigenvalue weighted by atomic mass is 16.3. The fourth-order valence-electron chi connectivity index (χ4n) is 2.13. The predicted molar refractivity (Wildman–Crippen MR) is 74.2 cm³/mol. The Morgan fingerprint density at radius 3 is 2.53 bits per heavy atom. The van der Waals surface area contributed by atoms with Crippen molar-refractivity contribution in [2.45, 2.75) is 64.9 Å². The zero-order chi connectivity index (χ0) is 12.5. The molecule has 0 aliphatic heterocycles. The normalized spacial score (nSPS) is 12.6. The highest BCUT2D eigenvalue weighted by Gasteiger charge is 2.07. The number of aryl methyl sites for hydroxylation is 1. The van der Waals surface area contributed by atoms with Gasteiger partial charge in [0.05, 0.1) is 6.10 Å². The van der Waals surface area contributed by atoms with E-state index >= 15 is 0 Å². The summed E-state index contributed by atoms with van der Waals surface area (Å²) in [5.74, 6) is 0. The summed E-state index contributed by atoms with van der Waals surface area (Å²) in [6.45, 7) is 4.38. The molecule has 0 saturated heterocycles. The fourth-order valence-corrected chi connectivity index (χ4v) is 2.13. The lowest BCUT2D eigenvalue weighted by Gasteiger charge is -2.11. The Bertz CT molecular complexity index is 306. The molecule has 0 aliphatic rings. The van der Waals surface area contributed by atoms with Crippen molar-refractivity contribution in [2.24, 2.45) is 0 Å². The Kier molecular flexibility index (Phi) is 6.95. The summed E-state index contributed by atoms with van der Waals surface area (Å²) in [4.78, 5) is 0. The minimum atomic E-state index is -0.275. The van der Waals surface area contributed by atoms with E-state index < -0.39 is 0 Å². The lowest BCUT2D eigenvalue weighted by Crippen LogP contribution is -1.98. The number of rotatable bonds is 8. The van der Waals surface area contributed by atoms with E-state index in [0.29, 0.717) is 0 Å². The highest BCUT2D eigenvalue weighted by molar-refractivity contribution is 5.25. The van der Waals surface area contributed by atoms with Crippen molar-refractivity contribution >= 4 is 0 Å². The minimum absolute atomic E-state index is 0.275. The molecule has 1 rings (SSSR count). The Labute approximate surface area is 106 Å². The van der Waals surface area contributed by atoms with Crippen LogP contribution in [0.2, 0.25) is 0 Å². The molecule has 0 heterocycles. The van der Waals surface area contributed by atoms with Crippen molar-refractivity contribution in [1.29, 1.82) is 0 Å². The van der Waals surface area contributed by atoms with Crippen molar-refractivity contribution in [3.63, 3.8) is 0 Å². The van der Waals surface area contributed by atoms with Gasteiger partial charge in [0, 0.05) is 0 Å². The first-order valence-electron chi connectivity index (χ1n) is 7.04. The first-order valence-corrected chi connectivity index (χ1v) is 7.04. The average Bonchev–Trinajstić information content (AvgIpc) is 2.38. The van der Waals surface area contributed by atoms with Gasteiger partial charge in [-0.1, -0.05) is 70.2 Å². The lowest BCUT2D eigenvalue weighted by molar-refractivity contribution is 0.163. The van der Waals surface area contributed by atoms with Gasteiger partial charge < -0.3 is 5.11 Å². The molecule has 96 valence electrons. The van der Waals surface area contributed by atoms with E-state index in [9.17, 15) is 5.11 Å². The van der Waals surface area contributed by atoms with E-state index in [4.69, 9.17) is 0 Å². The van der Waals surface area contributed by atoms with E-state index in [-0.39, 0.29) is 6.10 Å². The molecular weight excluding hydrogens is 208 g/mol. The van der Waals surface area contributed by atoms with E-state index in [1.54, 1.807) is 0 Å². The maximum Gasteiger partial charge on any atom is 0.0790 e. The number of benzene rings is 1. The van der Waals surface area contributed by atoms with Gasteiger partial charge in [0.1, 0.15) is 0 Å². The van der Waals surface area contributed by atoms with Crippen LogP contribution in [0.3, 0.4) is 0 Å². The fraction of sp³-hybridized carbons (Fsp3) is 0.625. The van der Waals surface area contributed by atoms with Crippen LogP contribution in [0.25, 0.3) is 0 Å². The predicted octanol–water partition coefficient (Wildman–Crippen LogP) is 4.64. The molecule has 17 heavy (non-hydrogen) atoms. The summed E-state index contributed by atoms with van der Waals surface area (Å²) in [7, 11) is 0. The summed E-state index contributed by atoms with van der Waals surface area (Å²) in [6.07, 6.45) is 7.95. The Hall–Kier alpha value is -0.820. The highest BCUT2D eigenvalue weighted by Crippen LogP contribution is 2.21.